The van der Waals surface area contributed by atoms with Crippen LogP contribution >= 0.6 is 0 Å². The van der Waals surface area contributed by atoms with E-state index in [2.05, 4.69) is 6.92 Å². The van der Waals surface area contributed by atoms with Crippen molar-refractivity contribution < 1.29 is 8.42 Å². The minimum atomic E-state index is -3.43. The summed E-state index contributed by atoms with van der Waals surface area (Å²) in [5.74, 6) is 0. The summed E-state index contributed by atoms with van der Waals surface area (Å²) >= 11 is 0. The average Bonchev–Trinajstić information content (AvgIpc) is 2.38. The molecule has 5 heteroatoms. The van der Waals surface area contributed by atoms with Gasteiger partial charge in [0.15, 0.2) is 0 Å². The SMILES string of the molecule is CCCc1ccc(S(=O)(=O)N(C)C(C)CN)cc1. The van der Waals surface area contributed by atoms with E-state index in [0.717, 1.165) is 18.4 Å². The molecule has 1 rings (SSSR count). The van der Waals surface area contributed by atoms with Crippen LogP contribution in [0, 0.1) is 0 Å². The number of nitrogens with two attached hydrogens (primary N) is 1. The number of sulfonamides is 1. The van der Waals surface area contributed by atoms with Crippen molar-refractivity contribution in [3.05, 3.63) is 29.8 Å². The van der Waals surface area contributed by atoms with Gasteiger partial charge in [0.1, 0.15) is 0 Å². The predicted octanol–water partition coefficient (Wildman–Crippen LogP) is 1.61. The fraction of sp³-hybridized carbons (Fsp3) is 0.538. The van der Waals surface area contributed by atoms with E-state index in [9.17, 15) is 8.42 Å². The Kier molecular flexibility index (Phi) is 5.31. The van der Waals surface area contributed by atoms with Crippen LogP contribution in [0.3, 0.4) is 0 Å². The third-order valence-electron chi connectivity index (χ3n) is 3.10. The summed E-state index contributed by atoms with van der Waals surface area (Å²) < 4.78 is 25.9. The predicted molar refractivity (Wildman–Crippen MR) is 73.9 cm³/mol. The number of likely N-dealkylation sites (N-methyl/N-ethyl adjacent to an activating group) is 1. The van der Waals surface area contributed by atoms with Crippen molar-refractivity contribution >= 4 is 10.0 Å². The summed E-state index contributed by atoms with van der Waals surface area (Å²) in [6.07, 6.45) is 2.02. The van der Waals surface area contributed by atoms with Gasteiger partial charge in [0.25, 0.3) is 0 Å². The summed E-state index contributed by atoms with van der Waals surface area (Å²) in [7, 11) is -1.87. The summed E-state index contributed by atoms with van der Waals surface area (Å²) in [5, 5.41) is 0. The molecule has 0 saturated heterocycles. The second kappa shape index (κ2) is 6.31. The molecule has 0 spiro atoms. The van der Waals surface area contributed by atoms with Crippen LogP contribution in [-0.4, -0.2) is 32.4 Å². The molecular formula is C13H22N2O2S. The highest BCUT2D eigenvalue weighted by Gasteiger charge is 2.24. The van der Waals surface area contributed by atoms with Gasteiger partial charge in [-0.25, -0.2) is 8.42 Å². The largest absolute Gasteiger partial charge is 0.329 e. The average molecular weight is 270 g/mol. The quantitative estimate of drug-likeness (QED) is 0.854. The Bertz CT molecular complexity index is 468. The Balaban J connectivity index is 2.98. The maximum atomic E-state index is 12.3. The van der Waals surface area contributed by atoms with Crippen molar-refractivity contribution in [1.82, 2.24) is 4.31 Å². The number of aryl methyl sites for hydroxylation is 1. The van der Waals surface area contributed by atoms with Crippen molar-refractivity contribution in [2.24, 2.45) is 5.73 Å². The lowest BCUT2D eigenvalue weighted by Crippen LogP contribution is -2.39. The van der Waals surface area contributed by atoms with E-state index in [0.29, 0.717) is 11.4 Å². The molecule has 2 N–H and O–H groups in total. The Morgan fingerprint density at radius 1 is 1.28 bits per heavy atom. The first-order chi connectivity index (χ1) is 8.43. The molecule has 0 bridgehead atoms. The van der Waals surface area contributed by atoms with E-state index in [1.165, 1.54) is 4.31 Å². The van der Waals surface area contributed by atoms with E-state index in [-0.39, 0.29) is 6.04 Å². The highest BCUT2D eigenvalue weighted by Crippen LogP contribution is 2.17. The van der Waals surface area contributed by atoms with Crippen molar-refractivity contribution in [2.45, 2.75) is 37.6 Å². The fourth-order valence-corrected chi connectivity index (χ4v) is 3.04. The van der Waals surface area contributed by atoms with E-state index >= 15 is 0 Å². The van der Waals surface area contributed by atoms with Gasteiger partial charge in [-0.05, 0) is 31.0 Å². The zero-order valence-electron chi connectivity index (χ0n) is 11.3. The van der Waals surface area contributed by atoms with Crippen LogP contribution in [0.5, 0.6) is 0 Å². The molecule has 0 aromatic heterocycles. The van der Waals surface area contributed by atoms with Gasteiger partial charge >= 0.3 is 0 Å². The first kappa shape index (κ1) is 15.1. The van der Waals surface area contributed by atoms with Gasteiger partial charge in [-0.1, -0.05) is 25.5 Å². The zero-order chi connectivity index (χ0) is 13.8. The molecule has 4 nitrogen and oxygen atoms in total. The molecule has 102 valence electrons. The Hall–Kier alpha value is -0.910. The summed E-state index contributed by atoms with van der Waals surface area (Å²) in [4.78, 5) is 0.324. The molecule has 0 aliphatic carbocycles. The zero-order valence-corrected chi connectivity index (χ0v) is 12.1. The molecule has 1 unspecified atom stereocenters. The molecule has 0 heterocycles. The van der Waals surface area contributed by atoms with Gasteiger partial charge in [0.2, 0.25) is 10.0 Å². The Morgan fingerprint density at radius 2 is 1.83 bits per heavy atom. The lowest BCUT2D eigenvalue weighted by molar-refractivity contribution is 0.394. The molecule has 18 heavy (non-hydrogen) atoms. The molecule has 0 fully saturated rings. The highest BCUT2D eigenvalue weighted by atomic mass is 32.2. The Labute approximate surface area is 110 Å². The summed E-state index contributed by atoms with van der Waals surface area (Å²) in [5.41, 5.74) is 6.66. The molecule has 0 aliphatic heterocycles. The van der Waals surface area contributed by atoms with Gasteiger partial charge in [0.05, 0.1) is 4.90 Å². The van der Waals surface area contributed by atoms with E-state index in [4.69, 9.17) is 5.73 Å². The normalized spacial score (nSPS) is 13.8. The number of rotatable bonds is 6. The molecule has 1 aromatic rings. The van der Waals surface area contributed by atoms with E-state index in [1.807, 2.05) is 12.1 Å². The van der Waals surface area contributed by atoms with Gasteiger partial charge in [-0.2, -0.15) is 4.31 Å². The maximum Gasteiger partial charge on any atom is 0.243 e. The van der Waals surface area contributed by atoms with E-state index in [1.54, 1.807) is 26.1 Å². The van der Waals surface area contributed by atoms with Gasteiger partial charge < -0.3 is 5.73 Å². The van der Waals surface area contributed by atoms with Crippen LogP contribution in [0.1, 0.15) is 25.8 Å². The number of hydrogen-bond donors (Lipinski definition) is 1. The Morgan fingerprint density at radius 3 is 2.28 bits per heavy atom. The van der Waals surface area contributed by atoms with Crippen molar-refractivity contribution in [1.29, 1.82) is 0 Å². The van der Waals surface area contributed by atoms with Crippen LogP contribution in [0.15, 0.2) is 29.2 Å². The topological polar surface area (TPSA) is 63.4 Å². The van der Waals surface area contributed by atoms with Crippen LogP contribution in [0.25, 0.3) is 0 Å². The van der Waals surface area contributed by atoms with Crippen LogP contribution in [0.2, 0.25) is 0 Å². The molecule has 0 amide bonds. The van der Waals surface area contributed by atoms with Gasteiger partial charge in [-0.15, -0.1) is 0 Å². The molecule has 0 radical (unpaired) electrons. The van der Waals surface area contributed by atoms with Crippen molar-refractivity contribution in [3.8, 4) is 0 Å². The van der Waals surface area contributed by atoms with Gasteiger partial charge in [0, 0.05) is 19.6 Å². The molecule has 0 aliphatic rings. The van der Waals surface area contributed by atoms with Crippen LogP contribution < -0.4 is 5.73 Å². The van der Waals surface area contributed by atoms with Gasteiger partial charge in [-0.3, -0.25) is 0 Å². The first-order valence-electron chi connectivity index (χ1n) is 6.20. The molecular weight excluding hydrogens is 248 g/mol. The smallest absolute Gasteiger partial charge is 0.243 e. The molecule has 1 atom stereocenters. The third kappa shape index (κ3) is 3.31. The van der Waals surface area contributed by atoms with Crippen molar-refractivity contribution in [3.63, 3.8) is 0 Å². The fourth-order valence-electron chi connectivity index (χ4n) is 1.67. The maximum absolute atomic E-state index is 12.3. The highest BCUT2D eigenvalue weighted by molar-refractivity contribution is 7.89. The van der Waals surface area contributed by atoms with E-state index < -0.39 is 10.0 Å². The van der Waals surface area contributed by atoms with Crippen LogP contribution in [0.4, 0.5) is 0 Å². The first-order valence-corrected chi connectivity index (χ1v) is 7.64. The summed E-state index contributed by atoms with van der Waals surface area (Å²) in [6.45, 7) is 4.20. The third-order valence-corrected chi connectivity index (χ3v) is 5.09. The van der Waals surface area contributed by atoms with Crippen molar-refractivity contribution in [2.75, 3.05) is 13.6 Å². The second-order valence-corrected chi connectivity index (χ2v) is 6.50. The lowest BCUT2D eigenvalue weighted by Gasteiger charge is -2.23. The monoisotopic (exact) mass is 270 g/mol. The lowest BCUT2D eigenvalue weighted by atomic mass is 10.1. The minimum absolute atomic E-state index is 0.203. The standard InChI is InChI=1S/C13H22N2O2S/c1-4-5-12-6-8-13(9-7-12)18(16,17)15(3)11(2)10-14/h6-9,11H,4-5,10,14H2,1-3H3. The molecule has 1 aromatic carbocycles. The number of nitrogens with zero attached hydrogens (tertiary/aromatic N) is 1. The minimum Gasteiger partial charge on any atom is -0.329 e. The summed E-state index contributed by atoms with van der Waals surface area (Å²) in [6, 6.07) is 6.87. The van der Waals surface area contributed by atoms with Crippen LogP contribution in [-0.2, 0) is 16.4 Å². The second-order valence-electron chi connectivity index (χ2n) is 4.50. The molecule has 0 saturated carbocycles. The number of benzene rings is 1. The number of hydrogen-bond acceptors (Lipinski definition) is 3.